The van der Waals surface area contributed by atoms with Crippen molar-refractivity contribution in [3.63, 3.8) is 0 Å². The van der Waals surface area contributed by atoms with Gasteiger partial charge in [-0.2, -0.15) is 0 Å². The van der Waals surface area contributed by atoms with Crippen molar-refractivity contribution in [3.8, 4) is 0 Å². The fraction of sp³-hybridized carbons (Fsp3) is 0.737. The Balaban J connectivity index is 1.46. The Morgan fingerprint density at radius 3 is 2.75 bits per heavy atom. The fourth-order valence-electron chi connectivity index (χ4n) is 4.49. The van der Waals surface area contributed by atoms with E-state index >= 15 is 0 Å². The van der Waals surface area contributed by atoms with Gasteiger partial charge in [0.2, 0.25) is 0 Å². The second kappa shape index (κ2) is 7.54. The molecule has 1 aromatic rings. The molecular weight excluding hydrogens is 322 g/mol. The zero-order chi connectivity index (χ0) is 16.4. The minimum atomic E-state index is 0.145. The average Bonchev–Trinajstić information content (AvgIpc) is 3.07. The molecule has 1 N–H and O–H groups in total. The van der Waals surface area contributed by atoms with Crippen LogP contribution in [0.3, 0.4) is 0 Å². The third-order valence-electron chi connectivity index (χ3n) is 5.90. The summed E-state index contributed by atoms with van der Waals surface area (Å²) in [6, 6.07) is 0.246. The first-order valence-electron chi connectivity index (χ1n) is 9.38. The van der Waals surface area contributed by atoms with E-state index in [1.165, 1.54) is 24.0 Å². The van der Waals surface area contributed by atoms with E-state index in [4.69, 9.17) is 9.47 Å². The van der Waals surface area contributed by atoms with Gasteiger partial charge in [-0.15, -0.1) is 11.3 Å². The molecule has 4 nitrogen and oxygen atoms in total. The Bertz CT molecular complexity index is 579. The molecule has 3 aliphatic rings. The van der Waals surface area contributed by atoms with Crippen LogP contribution >= 0.6 is 11.3 Å². The summed E-state index contributed by atoms with van der Waals surface area (Å²) in [5.41, 5.74) is 2.72. The number of hydrogen-bond donors (Lipinski definition) is 1. The number of thiophene rings is 1. The zero-order valence-electron chi connectivity index (χ0n) is 14.2. The van der Waals surface area contributed by atoms with Crippen LogP contribution in [0.1, 0.15) is 52.9 Å². The van der Waals surface area contributed by atoms with E-state index in [0.29, 0.717) is 11.8 Å². The average molecular weight is 349 g/mol. The van der Waals surface area contributed by atoms with Crippen LogP contribution in [0.4, 0.5) is 0 Å². The van der Waals surface area contributed by atoms with Crippen molar-refractivity contribution >= 4 is 17.2 Å². The van der Waals surface area contributed by atoms with E-state index in [9.17, 15) is 4.79 Å². The zero-order valence-corrected chi connectivity index (χ0v) is 15.0. The Hall–Kier alpha value is -0.910. The lowest BCUT2D eigenvalue weighted by Gasteiger charge is -2.39. The molecule has 2 aliphatic heterocycles. The number of carbonyl (C=O) groups is 1. The Morgan fingerprint density at radius 2 is 1.88 bits per heavy atom. The van der Waals surface area contributed by atoms with E-state index in [0.717, 1.165) is 63.4 Å². The van der Waals surface area contributed by atoms with Crippen molar-refractivity contribution in [2.45, 2.75) is 51.0 Å². The normalized spacial score (nSPS) is 28.3. The third-order valence-corrected chi connectivity index (χ3v) is 6.97. The largest absolute Gasteiger partial charge is 0.381 e. The molecule has 0 saturated carbocycles. The maximum atomic E-state index is 12.9. The number of amides is 1. The SMILES string of the molecule is O=C(N[C@@H]1CCOC[C@@H]1C1CCOCC1)c1scc2c1CCCC2. The first kappa shape index (κ1) is 16.6. The van der Waals surface area contributed by atoms with Crippen LogP contribution in [-0.2, 0) is 22.3 Å². The molecule has 0 aromatic carbocycles. The van der Waals surface area contributed by atoms with Crippen LogP contribution in [0.15, 0.2) is 5.38 Å². The highest BCUT2D eigenvalue weighted by molar-refractivity contribution is 7.12. The molecule has 2 fully saturated rings. The van der Waals surface area contributed by atoms with Crippen molar-refractivity contribution in [2.75, 3.05) is 26.4 Å². The van der Waals surface area contributed by atoms with E-state index in [1.54, 1.807) is 11.3 Å². The minimum Gasteiger partial charge on any atom is -0.381 e. The molecular formula is C19H27NO3S. The van der Waals surface area contributed by atoms with Gasteiger partial charge in [-0.05, 0) is 67.4 Å². The molecule has 0 radical (unpaired) electrons. The lowest BCUT2D eigenvalue weighted by molar-refractivity contribution is -0.0259. The molecule has 1 amide bonds. The summed E-state index contributed by atoms with van der Waals surface area (Å²) in [7, 11) is 0. The molecule has 5 heteroatoms. The van der Waals surface area contributed by atoms with Gasteiger partial charge < -0.3 is 14.8 Å². The predicted molar refractivity (Wildman–Crippen MR) is 94.7 cm³/mol. The smallest absolute Gasteiger partial charge is 0.261 e. The molecule has 1 aliphatic carbocycles. The highest BCUT2D eigenvalue weighted by atomic mass is 32.1. The Morgan fingerprint density at radius 1 is 1.08 bits per heavy atom. The highest BCUT2D eigenvalue weighted by Gasteiger charge is 2.35. The molecule has 4 rings (SSSR count). The molecule has 2 saturated heterocycles. The topological polar surface area (TPSA) is 47.6 Å². The summed E-state index contributed by atoms with van der Waals surface area (Å²) in [5.74, 6) is 1.19. The second-order valence-electron chi connectivity index (χ2n) is 7.33. The summed E-state index contributed by atoms with van der Waals surface area (Å²) < 4.78 is 11.2. The summed E-state index contributed by atoms with van der Waals surface area (Å²) in [6.45, 7) is 3.23. The van der Waals surface area contributed by atoms with Crippen LogP contribution in [0.25, 0.3) is 0 Å². The van der Waals surface area contributed by atoms with Crippen LogP contribution < -0.4 is 5.32 Å². The van der Waals surface area contributed by atoms with Crippen molar-refractivity contribution in [1.82, 2.24) is 5.32 Å². The molecule has 1 aromatic heterocycles. The van der Waals surface area contributed by atoms with Crippen molar-refractivity contribution < 1.29 is 14.3 Å². The number of aryl methyl sites for hydroxylation is 1. The Kier molecular flexibility index (Phi) is 5.20. The molecule has 0 unspecified atom stereocenters. The maximum Gasteiger partial charge on any atom is 0.261 e. The second-order valence-corrected chi connectivity index (χ2v) is 8.21. The van der Waals surface area contributed by atoms with Gasteiger partial charge in [-0.3, -0.25) is 4.79 Å². The molecule has 0 bridgehead atoms. The minimum absolute atomic E-state index is 0.145. The molecule has 3 heterocycles. The van der Waals surface area contributed by atoms with Gasteiger partial charge in [-0.25, -0.2) is 0 Å². The maximum absolute atomic E-state index is 12.9. The van der Waals surface area contributed by atoms with Crippen LogP contribution in [0.2, 0.25) is 0 Å². The lowest BCUT2D eigenvalue weighted by atomic mass is 9.79. The summed E-state index contributed by atoms with van der Waals surface area (Å²) >= 11 is 1.64. The molecule has 24 heavy (non-hydrogen) atoms. The first-order chi connectivity index (χ1) is 11.8. The highest BCUT2D eigenvalue weighted by Crippen LogP contribution is 2.32. The van der Waals surface area contributed by atoms with Crippen molar-refractivity contribution in [3.05, 3.63) is 21.4 Å². The fourth-order valence-corrected chi connectivity index (χ4v) is 5.55. The van der Waals surface area contributed by atoms with Gasteiger partial charge in [0.1, 0.15) is 0 Å². The number of ether oxygens (including phenoxy) is 2. The predicted octanol–water partition coefficient (Wildman–Crippen LogP) is 3.19. The van der Waals surface area contributed by atoms with E-state index in [-0.39, 0.29) is 11.9 Å². The number of fused-ring (bicyclic) bond motifs is 1. The van der Waals surface area contributed by atoms with Crippen molar-refractivity contribution in [2.24, 2.45) is 11.8 Å². The number of rotatable bonds is 3. The van der Waals surface area contributed by atoms with E-state index < -0.39 is 0 Å². The summed E-state index contributed by atoms with van der Waals surface area (Å²) in [4.78, 5) is 13.9. The third kappa shape index (κ3) is 3.39. The number of carbonyl (C=O) groups excluding carboxylic acids is 1. The van der Waals surface area contributed by atoms with Gasteiger partial charge in [-0.1, -0.05) is 0 Å². The van der Waals surface area contributed by atoms with E-state index in [2.05, 4.69) is 10.7 Å². The Labute approximate surface area is 147 Å². The molecule has 132 valence electrons. The number of nitrogens with one attached hydrogen (secondary N) is 1. The molecule has 0 spiro atoms. The van der Waals surface area contributed by atoms with Crippen LogP contribution in [0, 0.1) is 11.8 Å². The van der Waals surface area contributed by atoms with E-state index in [1.807, 2.05) is 0 Å². The van der Waals surface area contributed by atoms with Crippen LogP contribution in [-0.4, -0.2) is 38.4 Å². The van der Waals surface area contributed by atoms with Gasteiger partial charge in [0.05, 0.1) is 11.5 Å². The van der Waals surface area contributed by atoms with Gasteiger partial charge in [0.25, 0.3) is 5.91 Å². The lowest BCUT2D eigenvalue weighted by Crippen LogP contribution is -2.49. The van der Waals surface area contributed by atoms with Gasteiger partial charge >= 0.3 is 0 Å². The van der Waals surface area contributed by atoms with Gasteiger partial charge in [0, 0.05) is 31.8 Å². The summed E-state index contributed by atoms with van der Waals surface area (Å²) in [5, 5.41) is 5.57. The van der Waals surface area contributed by atoms with Gasteiger partial charge in [0.15, 0.2) is 0 Å². The van der Waals surface area contributed by atoms with Crippen molar-refractivity contribution in [1.29, 1.82) is 0 Å². The quantitative estimate of drug-likeness (QED) is 0.912. The van der Waals surface area contributed by atoms with Crippen LogP contribution in [0.5, 0.6) is 0 Å². The molecule has 2 atom stereocenters. The monoisotopic (exact) mass is 349 g/mol. The first-order valence-corrected chi connectivity index (χ1v) is 10.3. The number of hydrogen-bond acceptors (Lipinski definition) is 4. The standard InChI is InChI=1S/C19H27NO3S/c21-19(18-15-4-2-1-3-14(15)12-24-18)20-17-7-10-23-11-16(17)13-5-8-22-9-6-13/h12-13,16-17H,1-11H2,(H,20,21)/t16-,17-/m1/s1. The summed E-state index contributed by atoms with van der Waals surface area (Å²) in [6.07, 6.45) is 7.80.